The lowest BCUT2D eigenvalue weighted by Crippen LogP contribution is -2.12. The first-order chi connectivity index (χ1) is 7.27. The Morgan fingerprint density at radius 1 is 1.27 bits per heavy atom. The minimum Gasteiger partial charge on any atom is -0.321 e. The molecule has 1 heterocycles. The Morgan fingerprint density at radius 2 is 2.00 bits per heavy atom. The number of nitrogens with zero attached hydrogens (tertiary/aromatic N) is 2. The van der Waals surface area contributed by atoms with Crippen molar-refractivity contribution in [2.45, 2.75) is 0 Å². The molecule has 5 nitrogen and oxygen atoms in total. The van der Waals surface area contributed by atoms with E-state index in [9.17, 15) is 4.79 Å². The molecule has 2 aromatic rings. The van der Waals surface area contributed by atoms with E-state index in [0.717, 1.165) is 5.69 Å². The molecule has 6 heteroatoms. The molecule has 0 bridgehead atoms. The largest absolute Gasteiger partial charge is 0.321 e. The first-order valence-corrected chi connectivity index (χ1v) is 4.99. The fourth-order valence-electron chi connectivity index (χ4n) is 1.07. The number of para-hydroxylation sites is 1. The molecule has 0 spiro atoms. The number of carbonyl (C=O) groups excluding carboxylic acids is 1. The molecular formula is C9H7BrN4O. The SMILES string of the molecule is O=C(Nc1ccccc1)c1n[nH]nc1Br. The molecule has 0 saturated carbocycles. The Morgan fingerprint density at radius 3 is 2.60 bits per heavy atom. The number of halogens is 1. The van der Waals surface area contributed by atoms with E-state index in [2.05, 4.69) is 36.7 Å². The summed E-state index contributed by atoms with van der Waals surface area (Å²) in [4.78, 5) is 11.6. The molecular weight excluding hydrogens is 260 g/mol. The van der Waals surface area contributed by atoms with E-state index in [0.29, 0.717) is 4.60 Å². The summed E-state index contributed by atoms with van der Waals surface area (Å²) >= 11 is 3.11. The van der Waals surface area contributed by atoms with Crippen LogP contribution in [-0.4, -0.2) is 21.3 Å². The lowest BCUT2D eigenvalue weighted by molar-refractivity contribution is 0.102. The molecule has 2 rings (SSSR count). The Bertz CT molecular complexity index is 468. The second kappa shape index (κ2) is 4.22. The molecule has 76 valence electrons. The van der Waals surface area contributed by atoms with Gasteiger partial charge in [0, 0.05) is 5.69 Å². The average Bonchev–Trinajstić information content (AvgIpc) is 2.66. The van der Waals surface area contributed by atoms with E-state index in [-0.39, 0.29) is 11.6 Å². The van der Waals surface area contributed by atoms with Crippen LogP contribution in [0, 0.1) is 0 Å². The standard InChI is InChI=1S/C9H7BrN4O/c10-8-7(12-14-13-8)9(15)11-6-4-2-1-3-5-6/h1-5H,(H,11,15)(H,12,13,14). The highest BCUT2D eigenvalue weighted by Gasteiger charge is 2.13. The second-order valence-corrected chi connectivity index (χ2v) is 3.53. The van der Waals surface area contributed by atoms with Crippen LogP contribution in [0.15, 0.2) is 34.9 Å². The molecule has 0 saturated heterocycles. The normalized spacial score (nSPS) is 9.93. The summed E-state index contributed by atoms with van der Waals surface area (Å²) in [7, 11) is 0. The molecule has 1 aromatic carbocycles. The number of aromatic amines is 1. The number of aromatic nitrogens is 3. The zero-order chi connectivity index (χ0) is 10.7. The van der Waals surface area contributed by atoms with Crippen LogP contribution in [0.5, 0.6) is 0 Å². The smallest absolute Gasteiger partial charge is 0.279 e. The number of hydrogen-bond donors (Lipinski definition) is 2. The molecule has 2 N–H and O–H groups in total. The average molecular weight is 267 g/mol. The predicted molar refractivity (Wildman–Crippen MR) is 58.5 cm³/mol. The highest BCUT2D eigenvalue weighted by Crippen LogP contribution is 2.12. The zero-order valence-electron chi connectivity index (χ0n) is 7.57. The zero-order valence-corrected chi connectivity index (χ0v) is 9.15. The molecule has 0 atom stereocenters. The quantitative estimate of drug-likeness (QED) is 0.871. The van der Waals surface area contributed by atoms with Gasteiger partial charge in [0.2, 0.25) is 0 Å². The Labute approximate surface area is 94.0 Å². The van der Waals surface area contributed by atoms with Gasteiger partial charge in [-0.25, -0.2) is 0 Å². The maximum Gasteiger partial charge on any atom is 0.279 e. The third-order valence-electron chi connectivity index (χ3n) is 1.75. The van der Waals surface area contributed by atoms with Gasteiger partial charge in [-0.1, -0.05) is 18.2 Å². The van der Waals surface area contributed by atoms with Crippen LogP contribution in [0.4, 0.5) is 5.69 Å². The van der Waals surface area contributed by atoms with Gasteiger partial charge in [-0.05, 0) is 28.1 Å². The Kier molecular flexibility index (Phi) is 2.77. The van der Waals surface area contributed by atoms with Gasteiger partial charge in [0.15, 0.2) is 10.3 Å². The summed E-state index contributed by atoms with van der Waals surface area (Å²) in [5.41, 5.74) is 0.955. The van der Waals surface area contributed by atoms with Gasteiger partial charge in [0.1, 0.15) is 0 Å². The number of carbonyl (C=O) groups is 1. The van der Waals surface area contributed by atoms with Crippen molar-refractivity contribution >= 4 is 27.5 Å². The molecule has 1 amide bonds. The molecule has 0 aliphatic carbocycles. The van der Waals surface area contributed by atoms with Crippen molar-refractivity contribution in [3.8, 4) is 0 Å². The van der Waals surface area contributed by atoms with Crippen molar-refractivity contribution in [2.75, 3.05) is 5.32 Å². The number of nitrogens with one attached hydrogen (secondary N) is 2. The maximum atomic E-state index is 11.6. The lowest BCUT2D eigenvalue weighted by Gasteiger charge is -2.01. The summed E-state index contributed by atoms with van der Waals surface area (Å²) in [5, 5.41) is 12.5. The number of benzene rings is 1. The Balaban J connectivity index is 2.15. The first-order valence-electron chi connectivity index (χ1n) is 4.20. The molecule has 0 aliphatic rings. The third kappa shape index (κ3) is 2.21. The lowest BCUT2D eigenvalue weighted by atomic mass is 10.3. The molecule has 0 fully saturated rings. The van der Waals surface area contributed by atoms with Crippen molar-refractivity contribution in [2.24, 2.45) is 0 Å². The van der Waals surface area contributed by atoms with Crippen molar-refractivity contribution in [3.63, 3.8) is 0 Å². The second-order valence-electron chi connectivity index (χ2n) is 2.78. The maximum absolute atomic E-state index is 11.6. The van der Waals surface area contributed by atoms with Gasteiger partial charge in [-0.15, -0.1) is 10.2 Å². The fraction of sp³-hybridized carbons (Fsp3) is 0. The fourth-order valence-corrected chi connectivity index (χ4v) is 1.42. The predicted octanol–water partition coefficient (Wildman–Crippen LogP) is 1.82. The van der Waals surface area contributed by atoms with Gasteiger partial charge >= 0.3 is 0 Å². The van der Waals surface area contributed by atoms with Crippen LogP contribution < -0.4 is 5.32 Å². The van der Waals surface area contributed by atoms with Gasteiger partial charge in [0.05, 0.1) is 0 Å². The number of amides is 1. The molecule has 15 heavy (non-hydrogen) atoms. The van der Waals surface area contributed by atoms with E-state index >= 15 is 0 Å². The van der Waals surface area contributed by atoms with Crippen molar-refractivity contribution in [1.29, 1.82) is 0 Å². The minimum atomic E-state index is -0.304. The summed E-state index contributed by atoms with van der Waals surface area (Å²) in [6.07, 6.45) is 0. The van der Waals surface area contributed by atoms with Crippen molar-refractivity contribution in [1.82, 2.24) is 15.4 Å². The van der Waals surface area contributed by atoms with E-state index in [4.69, 9.17) is 0 Å². The number of anilines is 1. The van der Waals surface area contributed by atoms with Crippen molar-refractivity contribution in [3.05, 3.63) is 40.6 Å². The monoisotopic (exact) mass is 266 g/mol. The Hall–Kier alpha value is -1.69. The number of H-pyrrole nitrogens is 1. The molecule has 0 radical (unpaired) electrons. The first kappa shape index (κ1) is 9.85. The van der Waals surface area contributed by atoms with Crippen LogP contribution >= 0.6 is 15.9 Å². The number of hydrogen-bond acceptors (Lipinski definition) is 3. The van der Waals surface area contributed by atoms with E-state index in [1.54, 1.807) is 12.1 Å². The minimum absolute atomic E-state index is 0.235. The highest BCUT2D eigenvalue weighted by atomic mass is 79.9. The van der Waals surface area contributed by atoms with Gasteiger partial charge in [-0.3, -0.25) is 4.79 Å². The molecule has 1 aromatic heterocycles. The van der Waals surface area contributed by atoms with E-state index in [1.165, 1.54) is 0 Å². The summed E-state index contributed by atoms with van der Waals surface area (Å²) in [5.74, 6) is -0.304. The van der Waals surface area contributed by atoms with Crippen LogP contribution in [0.1, 0.15) is 10.5 Å². The van der Waals surface area contributed by atoms with Crippen LogP contribution in [0.3, 0.4) is 0 Å². The van der Waals surface area contributed by atoms with Gasteiger partial charge < -0.3 is 5.32 Å². The van der Waals surface area contributed by atoms with Crippen LogP contribution in [0.25, 0.3) is 0 Å². The summed E-state index contributed by atoms with van der Waals surface area (Å²) in [6.45, 7) is 0. The summed E-state index contributed by atoms with van der Waals surface area (Å²) < 4.78 is 0.399. The summed E-state index contributed by atoms with van der Waals surface area (Å²) in [6, 6.07) is 9.15. The van der Waals surface area contributed by atoms with E-state index < -0.39 is 0 Å². The third-order valence-corrected chi connectivity index (χ3v) is 2.30. The highest BCUT2D eigenvalue weighted by molar-refractivity contribution is 9.10. The van der Waals surface area contributed by atoms with E-state index in [1.807, 2.05) is 18.2 Å². The van der Waals surface area contributed by atoms with Crippen LogP contribution in [-0.2, 0) is 0 Å². The molecule has 0 aliphatic heterocycles. The van der Waals surface area contributed by atoms with Crippen molar-refractivity contribution < 1.29 is 4.79 Å². The van der Waals surface area contributed by atoms with Crippen LogP contribution in [0.2, 0.25) is 0 Å². The number of rotatable bonds is 2. The van der Waals surface area contributed by atoms with Gasteiger partial charge in [-0.2, -0.15) is 5.21 Å². The molecule has 0 unspecified atom stereocenters. The topological polar surface area (TPSA) is 70.7 Å². The van der Waals surface area contributed by atoms with Gasteiger partial charge in [0.25, 0.3) is 5.91 Å².